The largest absolute Gasteiger partial charge is 0.495 e. The summed E-state index contributed by atoms with van der Waals surface area (Å²) in [4.78, 5) is 1.14. The van der Waals surface area contributed by atoms with Crippen LogP contribution in [0.2, 0.25) is 0 Å². The Morgan fingerprint density at radius 3 is 2.59 bits per heavy atom. The van der Waals surface area contributed by atoms with Crippen LogP contribution in [0.15, 0.2) is 16.6 Å². The van der Waals surface area contributed by atoms with Gasteiger partial charge in [0, 0.05) is 11.5 Å². The van der Waals surface area contributed by atoms with Crippen LogP contribution in [0.1, 0.15) is 0 Å². The number of hydrogen-bond donors (Lipinski definition) is 1. The number of anilines is 2. The second kappa shape index (κ2) is 3.97. The Kier molecular flexibility index (Phi) is 2.89. The molecule has 2 rings (SSSR count). The van der Waals surface area contributed by atoms with Gasteiger partial charge in [0.05, 0.1) is 12.8 Å². The van der Waals surface area contributed by atoms with Crippen molar-refractivity contribution in [2.45, 2.75) is 12.3 Å². The first kappa shape index (κ1) is 12.3. The Bertz CT molecular complexity index is 450. The maximum Gasteiger partial charge on any atom is 0.427 e. The molecule has 94 valence electrons. The molecular formula is C10H10BrF3N2O. The summed E-state index contributed by atoms with van der Waals surface area (Å²) in [5, 5.41) is 2.43. The van der Waals surface area contributed by atoms with E-state index in [1.165, 1.54) is 14.2 Å². The van der Waals surface area contributed by atoms with Gasteiger partial charge in [-0.3, -0.25) is 0 Å². The van der Waals surface area contributed by atoms with Gasteiger partial charge < -0.3 is 15.0 Å². The van der Waals surface area contributed by atoms with Crippen molar-refractivity contribution in [1.82, 2.24) is 0 Å². The predicted octanol–water partition coefficient (Wildman–Crippen LogP) is 3.21. The van der Waals surface area contributed by atoms with Gasteiger partial charge in [0.15, 0.2) is 6.17 Å². The Morgan fingerprint density at radius 2 is 2.06 bits per heavy atom. The summed E-state index contributed by atoms with van der Waals surface area (Å²) in [5.41, 5.74) is 0.804. The maximum absolute atomic E-state index is 12.8. The topological polar surface area (TPSA) is 24.5 Å². The summed E-state index contributed by atoms with van der Waals surface area (Å²) in [7, 11) is 2.81. The SMILES string of the molecule is COc1ccc(Br)c2c1NC(C(F)(F)F)N2C. The molecule has 1 atom stereocenters. The maximum atomic E-state index is 12.8. The molecule has 17 heavy (non-hydrogen) atoms. The normalized spacial score (nSPS) is 18.9. The van der Waals surface area contributed by atoms with Crippen LogP contribution in [0.3, 0.4) is 0 Å². The van der Waals surface area contributed by atoms with Crippen LogP contribution in [-0.2, 0) is 0 Å². The minimum absolute atomic E-state index is 0.353. The molecule has 0 saturated heterocycles. The van der Waals surface area contributed by atoms with E-state index in [-0.39, 0.29) is 0 Å². The number of fused-ring (bicyclic) bond motifs is 1. The summed E-state index contributed by atoms with van der Waals surface area (Å²) >= 11 is 3.24. The van der Waals surface area contributed by atoms with Gasteiger partial charge in [-0.05, 0) is 28.1 Å². The average molecular weight is 311 g/mol. The molecule has 1 aliphatic rings. The zero-order chi connectivity index (χ0) is 12.8. The Morgan fingerprint density at radius 1 is 1.41 bits per heavy atom. The Balaban J connectivity index is 2.50. The third-order valence-electron chi connectivity index (χ3n) is 2.64. The van der Waals surface area contributed by atoms with E-state index in [9.17, 15) is 13.2 Å². The van der Waals surface area contributed by atoms with Crippen LogP contribution >= 0.6 is 15.9 Å². The van der Waals surface area contributed by atoms with Crippen molar-refractivity contribution in [3.63, 3.8) is 0 Å². The van der Waals surface area contributed by atoms with Crippen LogP contribution in [0.4, 0.5) is 24.5 Å². The smallest absolute Gasteiger partial charge is 0.427 e. The van der Waals surface area contributed by atoms with E-state index in [1.54, 1.807) is 12.1 Å². The number of hydrogen-bond acceptors (Lipinski definition) is 3. The van der Waals surface area contributed by atoms with Crippen molar-refractivity contribution in [3.8, 4) is 5.75 Å². The number of benzene rings is 1. The molecule has 3 nitrogen and oxygen atoms in total. The second-order valence-corrected chi connectivity index (χ2v) is 4.53. The van der Waals surface area contributed by atoms with Gasteiger partial charge in [-0.1, -0.05) is 0 Å². The zero-order valence-corrected chi connectivity index (χ0v) is 10.7. The van der Waals surface area contributed by atoms with E-state index in [1.807, 2.05) is 0 Å². The molecule has 1 aromatic rings. The van der Waals surface area contributed by atoms with E-state index in [0.29, 0.717) is 21.6 Å². The van der Waals surface area contributed by atoms with E-state index in [2.05, 4.69) is 21.2 Å². The predicted molar refractivity (Wildman–Crippen MR) is 62.6 cm³/mol. The fourth-order valence-corrected chi connectivity index (χ4v) is 2.48. The van der Waals surface area contributed by atoms with Gasteiger partial charge in [0.25, 0.3) is 0 Å². The van der Waals surface area contributed by atoms with Crippen molar-refractivity contribution >= 4 is 27.3 Å². The van der Waals surface area contributed by atoms with E-state index >= 15 is 0 Å². The Hall–Kier alpha value is -1.11. The summed E-state index contributed by atoms with van der Waals surface area (Å²) in [6.45, 7) is 0. The molecule has 1 unspecified atom stereocenters. The van der Waals surface area contributed by atoms with Crippen molar-refractivity contribution < 1.29 is 17.9 Å². The first-order valence-electron chi connectivity index (χ1n) is 4.79. The molecule has 0 aromatic heterocycles. The van der Waals surface area contributed by atoms with Crippen LogP contribution in [0, 0.1) is 0 Å². The van der Waals surface area contributed by atoms with Crippen LogP contribution in [0.5, 0.6) is 5.75 Å². The average Bonchev–Trinajstić information content (AvgIpc) is 2.58. The number of nitrogens with zero attached hydrogens (tertiary/aromatic N) is 1. The summed E-state index contributed by atoms with van der Waals surface area (Å²) in [6, 6.07) is 3.27. The molecule has 0 aliphatic carbocycles. The standard InChI is InChI=1S/C10H10BrF3N2O/c1-16-8-5(11)3-4-6(17-2)7(8)15-9(16)10(12,13)14/h3-4,9,15H,1-2H3. The lowest BCUT2D eigenvalue weighted by atomic mass is 10.2. The number of alkyl halides is 3. The highest BCUT2D eigenvalue weighted by molar-refractivity contribution is 9.10. The lowest BCUT2D eigenvalue weighted by Gasteiger charge is -2.24. The third-order valence-corrected chi connectivity index (χ3v) is 3.28. The molecule has 1 aliphatic heterocycles. The summed E-state index contributed by atoms with van der Waals surface area (Å²) < 4.78 is 44.0. The highest BCUT2D eigenvalue weighted by atomic mass is 79.9. The number of halogens is 4. The van der Waals surface area contributed by atoms with E-state index in [0.717, 1.165) is 4.90 Å². The lowest BCUT2D eigenvalue weighted by Crippen LogP contribution is -2.45. The van der Waals surface area contributed by atoms with Crippen molar-refractivity contribution in [2.24, 2.45) is 0 Å². The quantitative estimate of drug-likeness (QED) is 0.862. The number of ether oxygens (including phenoxy) is 1. The van der Waals surface area contributed by atoms with Gasteiger partial charge in [-0.2, -0.15) is 13.2 Å². The number of methoxy groups -OCH3 is 1. The first-order valence-corrected chi connectivity index (χ1v) is 5.58. The molecule has 1 aromatic carbocycles. The fraction of sp³-hybridized carbons (Fsp3) is 0.400. The summed E-state index contributed by atoms with van der Waals surface area (Å²) in [6.07, 6.45) is -6.08. The van der Waals surface area contributed by atoms with Gasteiger partial charge in [-0.25, -0.2) is 0 Å². The monoisotopic (exact) mass is 310 g/mol. The molecule has 1 N–H and O–H groups in total. The van der Waals surface area contributed by atoms with Crippen LogP contribution < -0.4 is 15.0 Å². The van der Waals surface area contributed by atoms with Gasteiger partial charge in [-0.15, -0.1) is 0 Å². The number of rotatable bonds is 1. The first-order chi connectivity index (χ1) is 7.86. The molecule has 7 heteroatoms. The molecule has 0 radical (unpaired) electrons. The van der Waals surface area contributed by atoms with Crippen molar-refractivity contribution in [3.05, 3.63) is 16.6 Å². The van der Waals surface area contributed by atoms with Gasteiger partial charge in [0.2, 0.25) is 0 Å². The summed E-state index contributed by atoms with van der Waals surface area (Å²) in [5.74, 6) is 0.391. The molecule has 0 saturated carbocycles. The van der Waals surface area contributed by atoms with Crippen LogP contribution in [-0.4, -0.2) is 26.5 Å². The molecule has 0 fully saturated rings. The molecule has 0 spiro atoms. The minimum Gasteiger partial charge on any atom is -0.495 e. The third kappa shape index (κ3) is 1.92. The lowest BCUT2D eigenvalue weighted by molar-refractivity contribution is -0.140. The van der Waals surface area contributed by atoms with Crippen molar-refractivity contribution in [1.29, 1.82) is 0 Å². The van der Waals surface area contributed by atoms with Gasteiger partial charge >= 0.3 is 6.18 Å². The van der Waals surface area contributed by atoms with E-state index in [4.69, 9.17) is 4.74 Å². The van der Waals surface area contributed by atoms with Crippen LogP contribution in [0.25, 0.3) is 0 Å². The van der Waals surface area contributed by atoms with Gasteiger partial charge in [0.1, 0.15) is 11.4 Å². The molecular weight excluding hydrogens is 301 g/mol. The highest BCUT2D eigenvalue weighted by Crippen LogP contribution is 2.48. The highest BCUT2D eigenvalue weighted by Gasteiger charge is 2.48. The molecule has 0 bridgehead atoms. The second-order valence-electron chi connectivity index (χ2n) is 3.67. The molecule has 1 heterocycles. The Labute approximate surface area is 105 Å². The van der Waals surface area contributed by atoms with Crippen molar-refractivity contribution in [2.75, 3.05) is 24.4 Å². The number of nitrogens with one attached hydrogen (secondary N) is 1. The van der Waals surface area contributed by atoms with E-state index < -0.39 is 12.3 Å². The molecule has 0 amide bonds. The zero-order valence-electron chi connectivity index (χ0n) is 9.10. The fourth-order valence-electron chi connectivity index (χ4n) is 1.87. The minimum atomic E-state index is -4.35.